The van der Waals surface area contributed by atoms with Gasteiger partial charge in [0, 0.05) is 26.2 Å². The van der Waals surface area contributed by atoms with E-state index in [1.54, 1.807) is 0 Å². The van der Waals surface area contributed by atoms with Crippen molar-refractivity contribution in [3.8, 4) is 0 Å². The van der Waals surface area contributed by atoms with Crippen molar-refractivity contribution in [1.82, 2.24) is 9.80 Å². The van der Waals surface area contributed by atoms with Crippen LogP contribution in [0.2, 0.25) is 0 Å². The Kier molecular flexibility index (Phi) is 7.08. The molecule has 176 valence electrons. The first kappa shape index (κ1) is 22.8. The van der Waals surface area contributed by atoms with Gasteiger partial charge in [-0.15, -0.1) is 0 Å². The lowest BCUT2D eigenvalue weighted by Crippen LogP contribution is -2.59. The van der Waals surface area contributed by atoms with Gasteiger partial charge in [-0.1, -0.05) is 84.9 Å². The molecule has 34 heavy (non-hydrogen) atoms. The Bertz CT molecular complexity index is 1080. The molecule has 0 bridgehead atoms. The normalized spacial score (nSPS) is 17.5. The van der Waals surface area contributed by atoms with E-state index in [-0.39, 0.29) is 18.1 Å². The highest BCUT2D eigenvalue weighted by atomic mass is 16.5. The predicted octanol–water partition coefficient (Wildman–Crippen LogP) is 4.82. The number of fused-ring (bicyclic) bond motifs is 2. The van der Waals surface area contributed by atoms with Gasteiger partial charge in [-0.3, -0.25) is 4.79 Å². The van der Waals surface area contributed by atoms with Gasteiger partial charge in [0.2, 0.25) is 5.91 Å². The van der Waals surface area contributed by atoms with Crippen molar-refractivity contribution in [3.63, 3.8) is 0 Å². The van der Waals surface area contributed by atoms with Gasteiger partial charge >= 0.3 is 0 Å². The van der Waals surface area contributed by atoms with Crippen molar-refractivity contribution >= 4 is 5.91 Å². The molecule has 4 nitrogen and oxygen atoms in total. The minimum absolute atomic E-state index is 0.114. The second-order valence-corrected chi connectivity index (χ2v) is 9.54. The van der Waals surface area contributed by atoms with Crippen molar-refractivity contribution in [1.29, 1.82) is 0 Å². The summed E-state index contributed by atoms with van der Waals surface area (Å²) in [5.41, 5.74) is 5.01. The fourth-order valence-corrected chi connectivity index (χ4v) is 5.67. The predicted molar refractivity (Wildman–Crippen MR) is 135 cm³/mol. The van der Waals surface area contributed by atoms with Crippen LogP contribution in [0.4, 0.5) is 0 Å². The lowest BCUT2D eigenvalue weighted by Gasteiger charge is -2.52. The number of rotatable bonds is 7. The molecule has 1 spiro atoms. The molecule has 0 aliphatic carbocycles. The van der Waals surface area contributed by atoms with E-state index < -0.39 is 0 Å². The van der Waals surface area contributed by atoms with E-state index in [0.717, 1.165) is 57.4 Å². The average Bonchev–Trinajstić information content (AvgIpc) is 2.90. The van der Waals surface area contributed by atoms with Gasteiger partial charge < -0.3 is 14.5 Å². The van der Waals surface area contributed by atoms with Gasteiger partial charge in [0.1, 0.15) is 6.61 Å². The van der Waals surface area contributed by atoms with Crippen molar-refractivity contribution in [3.05, 3.63) is 107 Å². The molecule has 1 fully saturated rings. The molecule has 3 aromatic carbocycles. The maximum atomic E-state index is 13.5. The van der Waals surface area contributed by atoms with Crippen LogP contribution < -0.4 is 0 Å². The molecule has 2 heterocycles. The van der Waals surface area contributed by atoms with Gasteiger partial charge in [-0.25, -0.2) is 0 Å². The number of amides is 1. The number of benzene rings is 3. The number of hydrogen-bond donors (Lipinski definition) is 0. The third-order valence-electron chi connectivity index (χ3n) is 7.52. The van der Waals surface area contributed by atoms with Gasteiger partial charge in [0.05, 0.1) is 12.1 Å². The fourth-order valence-electron chi connectivity index (χ4n) is 5.67. The summed E-state index contributed by atoms with van der Waals surface area (Å²) in [4.78, 5) is 18.2. The summed E-state index contributed by atoms with van der Waals surface area (Å²) >= 11 is 0. The standard InChI is InChI=1S/C30H34N2O2/c33-29(24-34-23-26-11-5-2-6-12-26)32-20-16-27-13-7-8-14-28(27)30(32)17-21-31(22-18-30)19-15-25-9-3-1-4-10-25/h1-14H,15-24H2. The van der Waals surface area contributed by atoms with Gasteiger partial charge in [0.15, 0.2) is 0 Å². The Labute approximate surface area is 203 Å². The molecule has 2 aliphatic rings. The average molecular weight is 455 g/mol. The molecule has 0 atom stereocenters. The van der Waals surface area contributed by atoms with Crippen LogP contribution in [0.15, 0.2) is 84.9 Å². The summed E-state index contributed by atoms with van der Waals surface area (Å²) in [7, 11) is 0. The Hall–Kier alpha value is -2.95. The van der Waals surface area contributed by atoms with E-state index in [1.807, 2.05) is 30.3 Å². The first-order valence-electron chi connectivity index (χ1n) is 12.5. The van der Waals surface area contributed by atoms with Crippen molar-refractivity contribution in [2.24, 2.45) is 0 Å². The first-order valence-corrected chi connectivity index (χ1v) is 12.5. The minimum atomic E-state index is -0.217. The zero-order chi connectivity index (χ0) is 23.2. The summed E-state index contributed by atoms with van der Waals surface area (Å²) in [6, 6.07) is 29.5. The monoisotopic (exact) mass is 454 g/mol. The number of carbonyl (C=O) groups excluding carboxylic acids is 1. The van der Waals surface area contributed by atoms with Crippen molar-refractivity contribution in [2.45, 2.75) is 37.8 Å². The highest BCUT2D eigenvalue weighted by molar-refractivity contribution is 5.79. The Morgan fingerprint density at radius 3 is 2.18 bits per heavy atom. The van der Waals surface area contributed by atoms with Crippen LogP contribution in [0, 0.1) is 0 Å². The van der Waals surface area contributed by atoms with E-state index in [0.29, 0.717) is 6.61 Å². The molecule has 4 heteroatoms. The second kappa shape index (κ2) is 10.5. The Morgan fingerprint density at radius 1 is 0.794 bits per heavy atom. The number of ether oxygens (including phenoxy) is 1. The lowest BCUT2D eigenvalue weighted by atomic mass is 9.74. The maximum Gasteiger partial charge on any atom is 0.249 e. The topological polar surface area (TPSA) is 32.8 Å². The molecule has 5 rings (SSSR count). The highest BCUT2D eigenvalue weighted by Gasteiger charge is 2.46. The fraction of sp³-hybridized carbons (Fsp3) is 0.367. The molecule has 1 saturated heterocycles. The maximum absolute atomic E-state index is 13.5. The van der Waals surface area contributed by atoms with Crippen LogP contribution in [0.5, 0.6) is 0 Å². The molecule has 1 amide bonds. The van der Waals surface area contributed by atoms with E-state index in [2.05, 4.69) is 64.4 Å². The lowest BCUT2D eigenvalue weighted by molar-refractivity contribution is -0.147. The summed E-state index contributed by atoms with van der Waals surface area (Å²) in [5, 5.41) is 0. The molecule has 0 saturated carbocycles. The Balaban J connectivity index is 1.27. The van der Waals surface area contributed by atoms with Gasteiger partial charge in [-0.2, -0.15) is 0 Å². The summed E-state index contributed by atoms with van der Waals surface area (Å²) < 4.78 is 5.86. The van der Waals surface area contributed by atoms with Crippen LogP contribution in [-0.2, 0) is 34.5 Å². The van der Waals surface area contributed by atoms with Crippen LogP contribution in [-0.4, -0.2) is 48.5 Å². The minimum Gasteiger partial charge on any atom is -0.367 e. The summed E-state index contributed by atoms with van der Waals surface area (Å²) in [6.45, 7) is 4.46. The van der Waals surface area contributed by atoms with E-state index in [1.165, 1.54) is 16.7 Å². The molecular formula is C30H34N2O2. The van der Waals surface area contributed by atoms with E-state index >= 15 is 0 Å². The molecule has 0 aromatic heterocycles. The van der Waals surface area contributed by atoms with Crippen LogP contribution in [0.3, 0.4) is 0 Å². The highest BCUT2D eigenvalue weighted by Crippen LogP contribution is 2.43. The third-order valence-corrected chi connectivity index (χ3v) is 7.52. The number of piperidine rings is 1. The molecule has 0 unspecified atom stereocenters. The molecule has 0 N–H and O–H groups in total. The van der Waals surface area contributed by atoms with Crippen LogP contribution in [0.1, 0.15) is 35.1 Å². The zero-order valence-electron chi connectivity index (χ0n) is 19.9. The summed E-state index contributed by atoms with van der Waals surface area (Å²) in [5.74, 6) is 0.114. The number of carbonyl (C=O) groups is 1. The van der Waals surface area contributed by atoms with Crippen molar-refractivity contribution < 1.29 is 9.53 Å². The van der Waals surface area contributed by atoms with Gasteiger partial charge in [-0.05, 0) is 47.9 Å². The second-order valence-electron chi connectivity index (χ2n) is 9.54. The van der Waals surface area contributed by atoms with Crippen LogP contribution >= 0.6 is 0 Å². The van der Waals surface area contributed by atoms with Crippen LogP contribution in [0.25, 0.3) is 0 Å². The SMILES string of the molecule is O=C(COCc1ccccc1)N1CCc2ccccc2C12CCN(CCc1ccccc1)CC2. The molecular weight excluding hydrogens is 420 g/mol. The largest absolute Gasteiger partial charge is 0.367 e. The smallest absolute Gasteiger partial charge is 0.249 e. The third kappa shape index (κ3) is 4.94. The summed E-state index contributed by atoms with van der Waals surface area (Å²) in [6.07, 6.45) is 3.94. The number of likely N-dealkylation sites (tertiary alicyclic amines) is 1. The Morgan fingerprint density at radius 2 is 1.44 bits per heavy atom. The molecule has 3 aromatic rings. The van der Waals surface area contributed by atoms with E-state index in [4.69, 9.17) is 4.74 Å². The quantitative estimate of drug-likeness (QED) is 0.513. The number of nitrogens with zero attached hydrogens (tertiary/aromatic N) is 2. The van der Waals surface area contributed by atoms with Crippen molar-refractivity contribution in [2.75, 3.05) is 32.8 Å². The van der Waals surface area contributed by atoms with E-state index in [9.17, 15) is 4.79 Å². The van der Waals surface area contributed by atoms with Gasteiger partial charge in [0.25, 0.3) is 0 Å². The molecule has 2 aliphatic heterocycles. The first-order chi connectivity index (χ1) is 16.7. The molecule has 0 radical (unpaired) electrons. The number of hydrogen-bond acceptors (Lipinski definition) is 3. The zero-order valence-corrected chi connectivity index (χ0v) is 19.9.